The standard InChI is InChI=1S/C21H15FN4O/c22-16-7-3-5-14(11-16)18-9-1-2-10-19(18)15-6-4-8-17(12-15)26-21(20(23)27)24-13-25-26/h1-13H,(H2,23,27). The Morgan fingerprint density at radius 1 is 0.889 bits per heavy atom. The van der Waals surface area contributed by atoms with E-state index in [0.29, 0.717) is 5.69 Å². The van der Waals surface area contributed by atoms with Crippen LogP contribution in [0.25, 0.3) is 27.9 Å². The Kier molecular flexibility index (Phi) is 4.22. The van der Waals surface area contributed by atoms with E-state index in [0.717, 1.165) is 22.3 Å². The molecule has 0 unspecified atom stereocenters. The average molecular weight is 358 g/mol. The number of aromatic nitrogens is 3. The highest BCUT2D eigenvalue weighted by Crippen LogP contribution is 2.33. The summed E-state index contributed by atoms with van der Waals surface area (Å²) < 4.78 is 15.1. The molecule has 5 nitrogen and oxygen atoms in total. The smallest absolute Gasteiger partial charge is 0.286 e. The van der Waals surface area contributed by atoms with Crippen LogP contribution in [0.2, 0.25) is 0 Å². The summed E-state index contributed by atoms with van der Waals surface area (Å²) in [6.07, 6.45) is 1.29. The number of primary amides is 1. The van der Waals surface area contributed by atoms with Crippen molar-refractivity contribution in [1.82, 2.24) is 14.8 Å². The van der Waals surface area contributed by atoms with Crippen molar-refractivity contribution in [3.63, 3.8) is 0 Å². The lowest BCUT2D eigenvalue weighted by Gasteiger charge is -2.12. The van der Waals surface area contributed by atoms with Crippen LogP contribution in [-0.2, 0) is 0 Å². The molecule has 0 fully saturated rings. The van der Waals surface area contributed by atoms with Crippen LogP contribution in [0.5, 0.6) is 0 Å². The minimum absolute atomic E-state index is 0.0607. The van der Waals surface area contributed by atoms with Crippen molar-refractivity contribution >= 4 is 5.91 Å². The number of nitrogens with zero attached hydrogens (tertiary/aromatic N) is 3. The van der Waals surface area contributed by atoms with Crippen molar-refractivity contribution in [2.24, 2.45) is 5.73 Å². The maximum Gasteiger partial charge on any atom is 0.286 e. The molecule has 0 saturated heterocycles. The second kappa shape index (κ2) is 6.84. The summed E-state index contributed by atoms with van der Waals surface area (Å²) in [6, 6.07) is 21.7. The zero-order valence-electron chi connectivity index (χ0n) is 14.2. The molecule has 6 heteroatoms. The zero-order chi connectivity index (χ0) is 18.8. The van der Waals surface area contributed by atoms with Crippen LogP contribution in [0.15, 0.2) is 79.1 Å². The molecule has 27 heavy (non-hydrogen) atoms. The van der Waals surface area contributed by atoms with Gasteiger partial charge in [0.25, 0.3) is 5.91 Å². The normalized spacial score (nSPS) is 10.7. The fourth-order valence-corrected chi connectivity index (χ4v) is 3.05. The van der Waals surface area contributed by atoms with Gasteiger partial charge in [0, 0.05) is 0 Å². The first-order valence-corrected chi connectivity index (χ1v) is 8.29. The second-order valence-electron chi connectivity index (χ2n) is 5.97. The van der Waals surface area contributed by atoms with Crippen LogP contribution in [-0.4, -0.2) is 20.7 Å². The van der Waals surface area contributed by atoms with E-state index in [4.69, 9.17) is 5.73 Å². The van der Waals surface area contributed by atoms with Crippen LogP contribution in [0.1, 0.15) is 10.6 Å². The van der Waals surface area contributed by atoms with E-state index in [2.05, 4.69) is 10.1 Å². The lowest BCUT2D eigenvalue weighted by Crippen LogP contribution is -2.18. The number of carbonyl (C=O) groups is 1. The third kappa shape index (κ3) is 3.20. The minimum atomic E-state index is -0.655. The monoisotopic (exact) mass is 358 g/mol. The molecule has 0 radical (unpaired) electrons. The Labute approximate surface area is 154 Å². The minimum Gasteiger partial charge on any atom is -0.363 e. The molecule has 0 spiro atoms. The number of halogens is 1. The summed E-state index contributed by atoms with van der Waals surface area (Å²) in [5.74, 6) is -0.881. The Morgan fingerprint density at radius 2 is 1.56 bits per heavy atom. The molecule has 4 rings (SSSR count). The summed E-state index contributed by atoms with van der Waals surface area (Å²) in [6.45, 7) is 0. The second-order valence-corrected chi connectivity index (χ2v) is 5.97. The third-order valence-corrected chi connectivity index (χ3v) is 4.23. The zero-order valence-corrected chi connectivity index (χ0v) is 14.2. The molecular formula is C21H15FN4O. The average Bonchev–Trinajstić information content (AvgIpc) is 3.18. The van der Waals surface area contributed by atoms with Gasteiger partial charge in [0.2, 0.25) is 5.82 Å². The Bertz CT molecular complexity index is 1140. The van der Waals surface area contributed by atoms with Crippen molar-refractivity contribution in [2.45, 2.75) is 0 Å². The van der Waals surface area contributed by atoms with Gasteiger partial charge in [-0.05, 0) is 46.5 Å². The van der Waals surface area contributed by atoms with Gasteiger partial charge in [0.1, 0.15) is 12.1 Å². The van der Waals surface area contributed by atoms with Crippen molar-refractivity contribution in [1.29, 1.82) is 0 Å². The number of carbonyl (C=O) groups excluding carboxylic acids is 1. The molecule has 0 aliphatic rings. The fourth-order valence-electron chi connectivity index (χ4n) is 3.05. The number of rotatable bonds is 4. The summed E-state index contributed by atoms with van der Waals surface area (Å²) in [7, 11) is 0. The molecule has 0 aliphatic heterocycles. The van der Waals surface area contributed by atoms with Crippen LogP contribution in [0, 0.1) is 5.82 Å². The van der Waals surface area contributed by atoms with Gasteiger partial charge in [-0.15, -0.1) is 0 Å². The molecule has 2 N–H and O–H groups in total. The van der Waals surface area contributed by atoms with Gasteiger partial charge in [-0.3, -0.25) is 4.79 Å². The Hall–Kier alpha value is -3.80. The topological polar surface area (TPSA) is 73.8 Å². The van der Waals surface area contributed by atoms with Crippen LogP contribution in [0.4, 0.5) is 4.39 Å². The number of nitrogens with two attached hydrogens (primary N) is 1. The summed E-state index contributed by atoms with van der Waals surface area (Å²) in [5.41, 5.74) is 9.55. The highest BCUT2D eigenvalue weighted by molar-refractivity contribution is 5.90. The van der Waals surface area contributed by atoms with E-state index in [-0.39, 0.29) is 11.6 Å². The van der Waals surface area contributed by atoms with Crippen molar-refractivity contribution < 1.29 is 9.18 Å². The first-order chi connectivity index (χ1) is 13.1. The van der Waals surface area contributed by atoms with E-state index in [9.17, 15) is 9.18 Å². The summed E-state index contributed by atoms with van der Waals surface area (Å²) in [5, 5.41) is 4.09. The quantitative estimate of drug-likeness (QED) is 0.602. The number of amides is 1. The van der Waals surface area contributed by atoms with Gasteiger partial charge < -0.3 is 5.73 Å². The predicted octanol–water partition coefficient (Wildman–Crippen LogP) is 3.84. The Balaban J connectivity index is 1.84. The molecule has 3 aromatic carbocycles. The number of benzene rings is 3. The van der Waals surface area contributed by atoms with E-state index in [1.807, 2.05) is 54.6 Å². The van der Waals surface area contributed by atoms with Crippen molar-refractivity contribution in [2.75, 3.05) is 0 Å². The van der Waals surface area contributed by atoms with Crippen molar-refractivity contribution in [3.05, 3.63) is 90.8 Å². The van der Waals surface area contributed by atoms with Crippen LogP contribution in [0.3, 0.4) is 0 Å². The molecule has 1 heterocycles. The summed E-state index contributed by atoms with van der Waals surface area (Å²) in [4.78, 5) is 15.5. The molecule has 4 aromatic rings. The van der Waals surface area contributed by atoms with E-state index < -0.39 is 5.91 Å². The third-order valence-electron chi connectivity index (χ3n) is 4.23. The van der Waals surface area contributed by atoms with E-state index >= 15 is 0 Å². The van der Waals surface area contributed by atoms with Crippen LogP contribution >= 0.6 is 0 Å². The van der Waals surface area contributed by atoms with Crippen molar-refractivity contribution in [3.8, 4) is 27.9 Å². The fraction of sp³-hybridized carbons (Fsp3) is 0. The van der Waals surface area contributed by atoms with Gasteiger partial charge in [0.05, 0.1) is 5.69 Å². The largest absolute Gasteiger partial charge is 0.363 e. The first kappa shape index (κ1) is 16.7. The molecule has 1 aromatic heterocycles. The maximum absolute atomic E-state index is 13.7. The van der Waals surface area contributed by atoms with Gasteiger partial charge in [0.15, 0.2) is 0 Å². The van der Waals surface area contributed by atoms with E-state index in [1.165, 1.54) is 23.1 Å². The van der Waals surface area contributed by atoms with Gasteiger partial charge >= 0.3 is 0 Å². The summed E-state index contributed by atoms with van der Waals surface area (Å²) >= 11 is 0. The lowest BCUT2D eigenvalue weighted by atomic mass is 9.94. The number of hydrogen-bond donors (Lipinski definition) is 1. The van der Waals surface area contributed by atoms with Crippen LogP contribution < -0.4 is 5.73 Å². The van der Waals surface area contributed by atoms with Gasteiger partial charge in [-0.25, -0.2) is 14.1 Å². The Morgan fingerprint density at radius 3 is 2.22 bits per heavy atom. The predicted molar refractivity (Wildman–Crippen MR) is 101 cm³/mol. The van der Waals surface area contributed by atoms with Gasteiger partial charge in [-0.2, -0.15) is 5.10 Å². The molecular weight excluding hydrogens is 343 g/mol. The van der Waals surface area contributed by atoms with E-state index in [1.54, 1.807) is 6.07 Å². The molecule has 0 saturated carbocycles. The molecule has 132 valence electrons. The molecule has 0 bridgehead atoms. The lowest BCUT2D eigenvalue weighted by molar-refractivity contribution is 0.0988. The van der Waals surface area contributed by atoms with Gasteiger partial charge in [-0.1, -0.05) is 48.5 Å². The highest BCUT2D eigenvalue weighted by atomic mass is 19.1. The molecule has 1 amide bonds. The first-order valence-electron chi connectivity index (χ1n) is 8.29. The SMILES string of the molecule is NC(=O)c1ncnn1-c1cccc(-c2ccccc2-c2cccc(F)c2)c1. The molecule has 0 atom stereocenters. The maximum atomic E-state index is 13.7. The highest BCUT2D eigenvalue weighted by Gasteiger charge is 2.13. The molecule has 0 aliphatic carbocycles. The number of hydrogen-bond acceptors (Lipinski definition) is 3.